The summed E-state index contributed by atoms with van der Waals surface area (Å²) in [6.45, 7) is 3.22. The van der Waals surface area contributed by atoms with E-state index in [2.05, 4.69) is 9.69 Å². The van der Waals surface area contributed by atoms with Crippen LogP contribution in [-0.4, -0.2) is 21.4 Å². The highest BCUT2D eigenvalue weighted by molar-refractivity contribution is 7.11. The number of aromatic carboxylic acids is 1. The van der Waals surface area contributed by atoms with E-state index in [9.17, 15) is 14.0 Å². The Hall–Kier alpha value is -2.28. The molecule has 0 aliphatic carbocycles. The molecule has 20 heavy (non-hydrogen) atoms. The Labute approximate surface area is 118 Å². The number of benzene rings is 1. The van der Waals surface area contributed by atoms with Gasteiger partial charge in [-0.05, 0) is 43.1 Å². The maximum atomic E-state index is 13.2. The van der Waals surface area contributed by atoms with Crippen molar-refractivity contribution in [3.8, 4) is 0 Å². The number of hydrogen-bond acceptors (Lipinski definition) is 4. The van der Waals surface area contributed by atoms with Gasteiger partial charge in [0, 0.05) is 5.56 Å². The predicted octanol–water partition coefficient (Wildman–Crippen LogP) is 2.85. The molecule has 1 aromatic heterocycles. The molecule has 1 amide bonds. The number of nitrogens with zero attached hydrogens (tertiary/aromatic N) is 1. The van der Waals surface area contributed by atoms with E-state index in [1.165, 1.54) is 12.1 Å². The van der Waals surface area contributed by atoms with Gasteiger partial charge >= 0.3 is 5.97 Å². The second-order valence-electron chi connectivity index (χ2n) is 4.19. The Balaban J connectivity index is 2.33. The van der Waals surface area contributed by atoms with Crippen molar-refractivity contribution in [1.29, 1.82) is 0 Å². The van der Waals surface area contributed by atoms with Gasteiger partial charge in [0.05, 0.1) is 5.69 Å². The number of anilines is 1. The molecule has 0 fully saturated rings. The third-order valence-corrected chi connectivity index (χ3v) is 3.60. The van der Waals surface area contributed by atoms with Crippen LogP contribution >= 0.6 is 11.5 Å². The SMILES string of the molecule is Cc1ccc(F)cc1C(=O)Nc1snc(C)c1C(=O)O. The van der Waals surface area contributed by atoms with Crippen LogP contribution in [0, 0.1) is 19.7 Å². The molecule has 0 bridgehead atoms. The first-order chi connectivity index (χ1) is 9.40. The number of aromatic nitrogens is 1. The maximum absolute atomic E-state index is 13.2. The van der Waals surface area contributed by atoms with Gasteiger partial charge in [-0.25, -0.2) is 9.18 Å². The lowest BCUT2D eigenvalue weighted by molar-refractivity contribution is 0.0697. The lowest BCUT2D eigenvalue weighted by Gasteiger charge is -2.06. The second kappa shape index (κ2) is 5.38. The lowest BCUT2D eigenvalue weighted by atomic mass is 10.1. The highest BCUT2D eigenvalue weighted by Gasteiger charge is 2.20. The second-order valence-corrected chi connectivity index (χ2v) is 4.96. The monoisotopic (exact) mass is 294 g/mol. The van der Waals surface area contributed by atoms with Gasteiger partial charge in [0.1, 0.15) is 16.4 Å². The van der Waals surface area contributed by atoms with Crippen LogP contribution in [0.15, 0.2) is 18.2 Å². The van der Waals surface area contributed by atoms with Crippen LogP contribution in [-0.2, 0) is 0 Å². The average Bonchev–Trinajstić information content (AvgIpc) is 2.73. The number of hydrogen-bond donors (Lipinski definition) is 2. The molecular weight excluding hydrogens is 283 g/mol. The van der Waals surface area contributed by atoms with E-state index >= 15 is 0 Å². The number of aryl methyl sites for hydroxylation is 2. The molecule has 2 rings (SSSR count). The minimum atomic E-state index is -1.16. The Morgan fingerprint density at radius 3 is 2.70 bits per heavy atom. The van der Waals surface area contributed by atoms with Gasteiger partial charge in [0.2, 0.25) is 0 Å². The molecule has 0 aliphatic heterocycles. The Bertz CT molecular complexity index is 697. The topological polar surface area (TPSA) is 79.3 Å². The zero-order valence-electron chi connectivity index (χ0n) is 10.7. The van der Waals surface area contributed by atoms with Crippen molar-refractivity contribution in [3.63, 3.8) is 0 Å². The van der Waals surface area contributed by atoms with E-state index in [0.29, 0.717) is 11.3 Å². The molecule has 0 unspecified atom stereocenters. The van der Waals surface area contributed by atoms with Gasteiger partial charge in [-0.15, -0.1) is 0 Å². The number of carboxylic acid groups (broad SMARTS) is 1. The third kappa shape index (κ3) is 2.67. The largest absolute Gasteiger partial charge is 0.478 e. The lowest BCUT2D eigenvalue weighted by Crippen LogP contribution is -2.15. The van der Waals surface area contributed by atoms with Gasteiger partial charge in [0.25, 0.3) is 5.91 Å². The first-order valence-electron chi connectivity index (χ1n) is 5.67. The standard InChI is InChI=1S/C13H11FN2O3S/c1-6-3-4-8(14)5-9(6)11(17)15-12-10(13(18)19)7(2)16-20-12/h3-5H,1-2H3,(H,15,17)(H,18,19). The molecule has 1 heterocycles. The average molecular weight is 294 g/mol. The summed E-state index contributed by atoms with van der Waals surface area (Å²) in [5, 5.41) is 11.7. The van der Waals surface area contributed by atoms with Crippen molar-refractivity contribution in [1.82, 2.24) is 4.37 Å². The number of nitrogens with one attached hydrogen (secondary N) is 1. The summed E-state index contributed by atoms with van der Waals surface area (Å²) in [4.78, 5) is 23.2. The number of amides is 1. The van der Waals surface area contributed by atoms with Gasteiger partial charge < -0.3 is 10.4 Å². The Kier molecular flexibility index (Phi) is 3.80. The van der Waals surface area contributed by atoms with Crippen LogP contribution in [0.4, 0.5) is 9.39 Å². The van der Waals surface area contributed by atoms with E-state index in [1.54, 1.807) is 13.8 Å². The van der Waals surface area contributed by atoms with E-state index in [1.807, 2.05) is 0 Å². The van der Waals surface area contributed by atoms with Crippen molar-refractivity contribution in [2.75, 3.05) is 5.32 Å². The summed E-state index contributed by atoms with van der Waals surface area (Å²) in [6.07, 6.45) is 0. The molecule has 0 spiro atoms. The molecule has 2 aromatic rings. The fourth-order valence-corrected chi connectivity index (χ4v) is 2.50. The minimum Gasteiger partial charge on any atom is -0.478 e. The van der Waals surface area contributed by atoms with Crippen LogP contribution in [0.5, 0.6) is 0 Å². The molecule has 0 saturated carbocycles. The Morgan fingerprint density at radius 2 is 2.05 bits per heavy atom. The fraction of sp³-hybridized carbons (Fsp3) is 0.154. The summed E-state index contributed by atoms with van der Waals surface area (Å²) in [6, 6.07) is 3.85. The van der Waals surface area contributed by atoms with E-state index in [4.69, 9.17) is 5.11 Å². The molecule has 2 N–H and O–H groups in total. The molecule has 5 nitrogen and oxygen atoms in total. The van der Waals surface area contributed by atoms with Crippen LogP contribution in [0.25, 0.3) is 0 Å². The molecule has 1 aromatic carbocycles. The first-order valence-corrected chi connectivity index (χ1v) is 6.44. The zero-order valence-corrected chi connectivity index (χ0v) is 11.5. The van der Waals surface area contributed by atoms with Gasteiger partial charge in [-0.2, -0.15) is 4.37 Å². The van der Waals surface area contributed by atoms with Gasteiger partial charge in [-0.3, -0.25) is 4.79 Å². The fourth-order valence-electron chi connectivity index (χ4n) is 1.72. The van der Waals surface area contributed by atoms with Crippen LogP contribution < -0.4 is 5.32 Å². The number of carboxylic acids is 1. The normalized spacial score (nSPS) is 10.3. The number of rotatable bonds is 3. The van der Waals surface area contributed by atoms with E-state index < -0.39 is 17.7 Å². The number of carbonyl (C=O) groups is 2. The molecule has 0 radical (unpaired) electrons. The molecule has 0 saturated heterocycles. The number of halogens is 1. The quantitative estimate of drug-likeness (QED) is 0.912. The minimum absolute atomic E-state index is 0.0441. The molecule has 104 valence electrons. The third-order valence-electron chi connectivity index (χ3n) is 2.75. The molecule has 7 heteroatoms. The summed E-state index contributed by atoms with van der Waals surface area (Å²) < 4.78 is 17.1. The van der Waals surface area contributed by atoms with Crippen molar-refractivity contribution in [2.45, 2.75) is 13.8 Å². The van der Waals surface area contributed by atoms with Crippen molar-refractivity contribution >= 4 is 28.4 Å². The van der Waals surface area contributed by atoms with Crippen molar-refractivity contribution < 1.29 is 19.1 Å². The van der Waals surface area contributed by atoms with E-state index in [0.717, 1.165) is 17.6 Å². The smallest absolute Gasteiger partial charge is 0.340 e. The van der Waals surface area contributed by atoms with Crippen LogP contribution in [0.1, 0.15) is 32.0 Å². The highest BCUT2D eigenvalue weighted by Crippen LogP contribution is 2.25. The zero-order chi connectivity index (χ0) is 14.9. The number of carbonyl (C=O) groups excluding carboxylic acids is 1. The van der Waals surface area contributed by atoms with E-state index in [-0.39, 0.29) is 16.1 Å². The van der Waals surface area contributed by atoms with Crippen molar-refractivity contribution in [2.24, 2.45) is 0 Å². The van der Waals surface area contributed by atoms with Crippen LogP contribution in [0.2, 0.25) is 0 Å². The van der Waals surface area contributed by atoms with Gasteiger partial charge in [-0.1, -0.05) is 6.07 Å². The summed E-state index contributed by atoms with van der Waals surface area (Å²) in [5.41, 5.74) is 1.04. The van der Waals surface area contributed by atoms with Crippen molar-refractivity contribution in [3.05, 3.63) is 46.4 Å². The molecule has 0 aliphatic rings. The highest BCUT2D eigenvalue weighted by atomic mass is 32.1. The summed E-state index contributed by atoms with van der Waals surface area (Å²) in [5.74, 6) is -2.25. The summed E-state index contributed by atoms with van der Waals surface area (Å²) >= 11 is 0.881. The maximum Gasteiger partial charge on any atom is 0.340 e. The predicted molar refractivity (Wildman–Crippen MR) is 72.9 cm³/mol. The molecular formula is C13H11FN2O3S. The Morgan fingerprint density at radius 1 is 1.35 bits per heavy atom. The van der Waals surface area contributed by atoms with Gasteiger partial charge in [0.15, 0.2) is 0 Å². The first kappa shape index (κ1) is 14.1. The molecule has 0 atom stereocenters. The summed E-state index contributed by atoms with van der Waals surface area (Å²) in [7, 11) is 0. The van der Waals surface area contributed by atoms with Crippen LogP contribution in [0.3, 0.4) is 0 Å².